The van der Waals surface area contributed by atoms with Crippen molar-refractivity contribution in [2.75, 3.05) is 0 Å². The van der Waals surface area contributed by atoms with Gasteiger partial charge < -0.3 is 4.55 Å². The fourth-order valence-corrected chi connectivity index (χ4v) is 8.47. The first kappa shape index (κ1) is 57.1. The predicted octanol–water partition coefficient (Wildman–Crippen LogP) is 13.3. The van der Waals surface area contributed by atoms with Gasteiger partial charge in [-0.05, 0) is 112 Å². The van der Waals surface area contributed by atoms with Crippen molar-refractivity contribution >= 4 is 53.7 Å². The molecule has 5 aromatic carbocycles. The molecule has 0 amide bonds. The first-order valence-corrected chi connectivity index (χ1v) is 22.5. The van der Waals surface area contributed by atoms with E-state index in [9.17, 15) is 100 Å². The van der Waals surface area contributed by atoms with Crippen LogP contribution in [-0.4, -0.2) is 72.5 Å². The molecule has 1 N–H and O–H groups in total. The molecule has 6 nitrogen and oxygen atoms in total. The van der Waals surface area contributed by atoms with Gasteiger partial charge in [0.25, 0.3) is 0 Å². The van der Waals surface area contributed by atoms with Gasteiger partial charge in [0, 0.05) is 3.57 Å². The van der Waals surface area contributed by atoms with Gasteiger partial charge in [0.1, 0.15) is 0 Å². The van der Waals surface area contributed by atoms with Crippen LogP contribution < -0.4 is 0 Å². The lowest BCUT2D eigenvalue weighted by atomic mass is 10.00. The van der Waals surface area contributed by atoms with Gasteiger partial charge in [0.15, 0.2) is 24.8 Å². The van der Waals surface area contributed by atoms with Gasteiger partial charge in [0.2, 0.25) is 0 Å². The summed E-state index contributed by atoms with van der Waals surface area (Å²) in [6.07, 6.45) is -14.3. The first-order valence-electron chi connectivity index (χ1n) is 17.3. The predicted molar refractivity (Wildman–Crippen MR) is 213 cm³/mol. The Bertz CT molecular complexity index is 2570. The molecule has 0 aliphatic rings. The van der Waals surface area contributed by atoms with Gasteiger partial charge in [-0.1, -0.05) is 72.8 Å². The number of halogens is 19. The molecule has 0 aliphatic carbocycles. The van der Waals surface area contributed by atoms with Crippen LogP contribution in [0.25, 0.3) is 22.3 Å². The summed E-state index contributed by atoms with van der Waals surface area (Å²) < 4.78 is 271. The smallest absolute Gasteiger partial charge is 0.460 e. The van der Waals surface area contributed by atoms with Crippen molar-refractivity contribution in [3.05, 3.63) is 137 Å². The molecule has 0 saturated carbocycles. The standard InChI is InChI=1S/C31H24IS.2C4HF9O3S/c1-23-12-13-27(22-31(23)32)26-16-14-24(15-17-26)25-18-20-30(21-19-25)33(28-8-4-2-5-9-28)29-10-6-3-7-11-29;2*5-1(6,3(9,10)11)2(7,8)4(12,13)17(14,15)16/h2-22H,1H3;2*(H,14,15,16)/q+1;;/p-1. The Morgan fingerprint density at radius 3 is 1.06 bits per heavy atom. The Kier molecular flexibility index (Phi) is 17.0. The highest BCUT2D eigenvalue weighted by Gasteiger charge is 2.86. The first-order chi connectivity index (χ1) is 30.2. The second kappa shape index (κ2) is 20.0. The average molecular weight is 1150 g/mol. The fraction of sp³-hybridized carbons (Fsp3) is 0.231. The highest BCUT2D eigenvalue weighted by molar-refractivity contribution is 14.1. The second-order valence-corrected chi connectivity index (χ2v) is 19.3. The van der Waals surface area contributed by atoms with Gasteiger partial charge in [0.05, 0.1) is 10.9 Å². The zero-order chi connectivity index (χ0) is 51.6. The maximum Gasteiger partial charge on any atom is 0.460 e. The van der Waals surface area contributed by atoms with E-state index in [0.717, 1.165) is 0 Å². The molecule has 368 valence electrons. The van der Waals surface area contributed by atoms with Crippen molar-refractivity contribution in [1.82, 2.24) is 0 Å². The molecule has 0 aliphatic heterocycles. The summed E-state index contributed by atoms with van der Waals surface area (Å²) in [5.41, 5.74) is 6.32. The molecular formula is C39H25F18IO6S3. The van der Waals surface area contributed by atoms with Crippen LogP contribution in [0.3, 0.4) is 0 Å². The van der Waals surface area contributed by atoms with E-state index in [0.29, 0.717) is 0 Å². The highest BCUT2D eigenvalue weighted by Crippen LogP contribution is 2.55. The third-order valence-electron chi connectivity index (χ3n) is 8.64. The molecule has 0 fully saturated rings. The molecular weight excluding hydrogens is 1130 g/mol. The lowest BCUT2D eigenvalue weighted by molar-refractivity contribution is -0.382. The van der Waals surface area contributed by atoms with Crippen LogP contribution in [0.15, 0.2) is 142 Å². The van der Waals surface area contributed by atoms with E-state index < -0.39 is 66.8 Å². The van der Waals surface area contributed by atoms with Crippen molar-refractivity contribution in [2.45, 2.75) is 68.2 Å². The quantitative estimate of drug-likeness (QED) is 0.0610. The maximum atomic E-state index is 12.2. The Morgan fingerprint density at radius 1 is 0.448 bits per heavy atom. The van der Waals surface area contributed by atoms with Crippen LogP contribution in [0.5, 0.6) is 0 Å². The number of hydrogen-bond acceptors (Lipinski definition) is 5. The van der Waals surface area contributed by atoms with Gasteiger partial charge in [-0.25, -0.2) is 8.42 Å². The van der Waals surface area contributed by atoms with E-state index >= 15 is 0 Å². The Hall–Kier alpha value is -4.26. The zero-order valence-electron chi connectivity index (χ0n) is 32.5. The van der Waals surface area contributed by atoms with Crippen LogP contribution in [0.2, 0.25) is 0 Å². The normalized spacial score (nSPS) is 13.6. The SMILES string of the molecule is Cc1ccc(-c2ccc(-c3ccc([S+](c4ccccc4)c4ccccc4)cc3)cc2)cc1I.O=S(=O)(O)C(F)(F)C(F)(F)C(F)(F)C(F)(F)F.O=S(=O)([O-])C(F)(F)C(F)(F)C(F)(F)C(F)(F)F. The molecule has 0 saturated heterocycles. The number of benzene rings is 5. The second-order valence-electron chi connectivity index (χ2n) is 13.3. The lowest BCUT2D eigenvalue weighted by Gasteiger charge is -2.34. The van der Waals surface area contributed by atoms with Crippen molar-refractivity contribution < 1.29 is 105 Å². The number of alkyl halides is 18. The van der Waals surface area contributed by atoms with E-state index in [-0.39, 0.29) is 10.9 Å². The maximum absolute atomic E-state index is 12.2. The topological polar surface area (TPSA) is 112 Å². The summed E-state index contributed by atoms with van der Waals surface area (Å²) in [4.78, 5) is 4.02. The summed E-state index contributed by atoms with van der Waals surface area (Å²) in [6, 6.07) is 46.2. The number of hydrogen-bond donors (Lipinski definition) is 1. The fourth-order valence-electron chi connectivity index (χ4n) is 4.97. The average Bonchev–Trinajstić information content (AvgIpc) is 3.22. The third-order valence-corrected chi connectivity index (χ3v) is 13.8. The molecule has 28 heteroatoms. The van der Waals surface area contributed by atoms with Gasteiger partial charge in [-0.2, -0.15) is 87.4 Å². The molecule has 5 rings (SSSR count). The van der Waals surface area contributed by atoms with Crippen LogP contribution in [0, 0.1) is 10.5 Å². The molecule has 0 spiro atoms. The zero-order valence-corrected chi connectivity index (χ0v) is 37.1. The summed E-state index contributed by atoms with van der Waals surface area (Å²) in [5.74, 6) is -29.5. The van der Waals surface area contributed by atoms with Crippen molar-refractivity contribution in [3.63, 3.8) is 0 Å². The number of rotatable bonds is 11. The summed E-state index contributed by atoms with van der Waals surface area (Å²) in [7, 11) is -14.7. The van der Waals surface area contributed by atoms with Gasteiger partial charge in [-0.3, -0.25) is 4.55 Å². The molecule has 0 radical (unpaired) electrons. The van der Waals surface area contributed by atoms with E-state index in [4.69, 9.17) is 4.55 Å². The third kappa shape index (κ3) is 11.8. The van der Waals surface area contributed by atoms with E-state index in [1.165, 1.54) is 46.1 Å². The molecule has 0 heterocycles. The van der Waals surface area contributed by atoms with Gasteiger partial charge >= 0.3 is 56.7 Å². The minimum atomic E-state index is -7.43. The molecule has 0 atom stereocenters. The minimum Gasteiger partial charge on any atom is -0.743 e. The molecule has 0 aromatic heterocycles. The summed E-state index contributed by atoms with van der Waals surface area (Å²) in [5, 5.41) is -14.1. The van der Waals surface area contributed by atoms with E-state index in [2.05, 4.69) is 157 Å². The van der Waals surface area contributed by atoms with Gasteiger partial charge in [-0.15, -0.1) is 0 Å². The Balaban J connectivity index is 0.000000298. The largest absolute Gasteiger partial charge is 0.743 e. The number of aryl methyl sites for hydroxylation is 1. The van der Waals surface area contributed by atoms with Crippen LogP contribution in [0.4, 0.5) is 79.0 Å². The van der Waals surface area contributed by atoms with E-state index in [1.807, 2.05) is 0 Å². The lowest BCUT2D eigenvalue weighted by Crippen LogP contribution is -2.63. The van der Waals surface area contributed by atoms with E-state index in [1.54, 1.807) is 0 Å². The molecule has 0 unspecified atom stereocenters. The van der Waals surface area contributed by atoms with Crippen LogP contribution >= 0.6 is 22.6 Å². The molecule has 67 heavy (non-hydrogen) atoms. The Labute approximate surface area is 384 Å². The van der Waals surface area contributed by atoms with Crippen molar-refractivity contribution in [3.8, 4) is 22.3 Å². The van der Waals surface area contributed by atoms with Crippen LogP contribution in [-0.2, 0) is 31.1 Å². The molecule has 0 bridgehead atoms. The minimum absolute atomic E-state index is 0.113. The summed E-state index contributed by atoms with van der Waals surface area (Å²) >= 11 is 2.41. The monoisotopic (exact) mass is 1150 g/mol. The molecule has 5 aromatic rings. The van der Waals surface area contributed by atoms with Crippen molar-refractivity contribution in [1.29, 1.82) is 0 Å². The van der Waals surface area contributed by atoms with Crippen molar-refractivity contribution in [2.24, 2.45) is 0 Å². The van der Waals surface area contributed by atoms with Crippen LogP contribution in [0.1, 0.15) is 5.56 Å². The summed E-state index contributed by atoms with van der Waals surface area (Å²) in [6.45, 7) is 2.15. The highest BCUT2D eigenvalue weighted by atomic mass is 127. The Morgan fingerprint density at radius 2 is 0.746 bits per heavy atom.